The molecule has 156 valence electrons. The van der Waals surface area contributed by atoms with Crippen LogP contribution in [0.4, 0.5) is 0 Å². The van der Waals surface area contributed by atoms with Crippen molar-refractivity contribution >= 4 is 33.7 Å². The molecule has 1 N–H and O–H groups in total. The molecule has 0 aliphatic rings. The number of hydrogen-bond acceptors (Lipinski definition) is 2. The van der Waals surface area contributed by atoms with Gasteiger partial charge in [-0.1, -0.05) is 72.8 Å². The molecule has 0 atom stereocenters. The minimum atomic E-state index is 0.962. The molecule has 0 unspecified atom stereocenters. The number of aromatic amines is 1. The van der Waals surface area contributed by atoms with E-state index in [2.05, 4.69) is 99.9 Å². The average Bonchev–Trinajstić information content (AvgIpc) is 3.22. The molecule has 0 spiro atoms. The molecule has 3 aromatic carbocycles. The van der Waals surface area contributed by atoms with Gasteiger partial charge in [-0.05, 0) is 47.4 Å². The van der Waals surface area contributed by atoms with E-state index in [-0.39, 0.29) is 0 Å². The van der Waals surface area contributed by atoms with E-state index in [0.717, 1.165) is 38.6 Å². The van der Waals surface area contributed by atoms with Crippen molar-refractivity contribution in [3.63, 3.8) is 0 Å². The second-order valence-corrected chi connectivity index (χ2v) is 8.04. The Balaban J connectivity index is 1.54. The third-order valence-corrected chi connectivity index (χ3v) is 5.92. The van der Waals surface area contributed by atoms with Crippen molar-refractivity contribution in [2.24, 2.45) is 0 Å². The van der Waals surface area contributed by atoms with E-state index < -0.39 is 0 Å². The van der Waals surface area contributed by atoms with E-state index >= 15 is 0 Å². The van der Waals surface area contributed by atoms with Gasteiger partial charge in [-0.2, -0.15) is 0 Å². The van der Waals surface area contributed by atoms with Crippen LogP contribution in [0.15, 0.2) is 109 Å². The summed E-state index contributed by atoms with van der Waals surface area (Å²) in [7, 11) is 0. The van der Waals surface area contributed by atoms with Gasteiger partial charge in [-0.3, -0.25) is 9.97 Å². The molecule has 0 fully saturated rings. The summed E-state index contributed by atoms with van der Waals surface area (Å²) in [6, 6.07) is 33.3. The molecule has 0 amide bonds. The van der Waals surface area contributed by atoms with Crippen LogP contribution in [-0.4, -0.2) is 15.0 Å². The molecule has 33 heavy (non-hydrogen) atoms. The van der Waals surface area contributed by atoms with Crippen LogP contribution in [0.1, 0.15) is 11.3 Å². The Morgan fingerprint density at radius 3 is 2.15 bits per heavy atom. The average molecular weight is 424 g/mol. The zero-order valence-electron chi connectivity index (χ0n) is 17.9. The summed E-state index contributed by atoms with van der Waals surface area (Å²) < 4.78 is 0. The van der Waals surface area contributed by atoms with Gasteiger partial charge in [-0.25, -0.2) is 0 Å². The highest BCUT2D eigenvalue weighted by molar-refractivity contribution is 5.91. The number of pyridine rings is 2. The fourth-order valence-corrected chi connectivity index (χ4v) is 4.34. The highest BCUT2D eigenvalue weighted by Gasteiger charge is 2.04. The summed E-state index contributed by atoms with van der Waals surface area (Å²) >= 11 is 0. The van der Waals surface area contributed by atoms with Gasteiger partial charge in [0, 0.05) is 44.8 Å². The molecule has 3 aromatic heterocycles. The van der Waals surface area contributed by atoms with E-state index in [9.17, 15) is 0 Å². The summed E-state index contributed by atoms with van der Waals surface area (Å²) in [6.07, 6.45) is 8.04. The van der Waals surface area contributed by atoms with Crippen LogP contribution in [0.3, 0.4) is 0 Å². The molecule has 0 bridgehead atoms. The monoisotopic (exact) mass is 423 g/mol. The SMILES string of the molecule is C(c1cccc(-c2ccccn2)c1)=c1[nH]c(=Cc2nccc3ccccc23)c2ccccc12. The second-order valence-electron chi connectivity index (χ2n) is 8.04. The van der Waals surface area contributed by atoms with E-state index in [4.69, 9.17) is 0 Å². The number of aromatic nitrogens is 3. The molecule has 6 rings (SSSR count). The summed E-state index contributed by atoms with van der Waals surface area (Å²) in [6.45, 7) is 0. The van der Waals surface area contributed by atoms with Gasteiger partial charge in [0.05, 0.1) is 11.4 Å². The number of H-pyrrole nitrogens is 1. The van der Waals surface area contributed by atoms with Crippen molar-refractivity contribution in [1.82, 2.24) is 15.0 Å². The lowest BCUT2D eigenvalue weighted by molar-refractivity contribution is 1.26. The lowest BCUT2D eigenvalue weighted by atomic mass is 10.1. The minimum Gasteiger partial charge on any atom is -0.354 e. The third-order valence-electron chi connectivity index (χ3n) is 5.92. The molecular weight excluding hydrogens is 402 g/mol. The van der Waals surface area contributed by atoms with Crippen LogP contribution in [0.2, 0.25) is 0 Å². The van der Waals surface area contributed by atoms with Crippen LogP contribution in [0.5, 0.6) is 0 Å². The third kappa shape index (κ3) is 3.70. The van der Waals surface area contributed by atoms with E-state index in [1.165, 1.54) is 16.2 Å². The highest BCUT2D eigenvalue weighted by atomic mass is 14.7. The first-order valence-corrected chi connectivity index (χ1v) is 11.0. The Kier molecular flexibility index (Phi) is 4.78. The maximum absolute atomic E-state index is 4.65. The Morgan fingerprint density at radius 1 is 0.576 bits per heavy atom. The summed E-state index contributed by atoms with van der Waals surface area (Å²) in [5.74, 6) is 0. The van der Waals surface area contributed by atoms with Gasteiger partial charge < -0.3 is 4.98 Å². The van der Waals surface area contributed by atoms with Crippen LogP contribution >= 0.6 is 0 Å². The van der Waals surface area contributed by atoms with Crippen molar-refractivity contribution in [2.75, 3.05) is 0 Å². The van der Waals surface area contributed by atoms with Gasteiger partial charge in [-0.15, -0.1) is 0 Å². The number of fused-ring (bicyclic) bond motifs is 2. The zero-order valence-corrected chi connectivity index (χ0v) is 17.9. The number of nitrogens with one attached hydrogen (secondary N) is 1. The fourth-order valence-electron chi connectivity index (χ4n) is 4.34. The van der Waals surface area contributed by atoms with Crippen LogP contribution < -0.4 is 10.7 Å². The smallest absolute Gasteiger partial charge is 0.0728 e. The van der Waals surface area contributed by atoms with E-state index in [1.807, 2.05) is 36.7 Å². The zero-order chi connectivity index (χ0) is 22.0. The maximum Gasteiger partial charge on any atom is 0.0728 e. The van der Waals surface area contributed by atoms with Gasteiger partial charge in [0.1, 0.15) is 0 Å². The lowest BCUT2D eigenvalue weighted by Crippen LogP contribution is -2.10. The van der Waals surface area contributed by atoms with Crippen LogP contribution in [-0.2, 0) is 0 Å². The lowest BCUT2D eigenvalue weighted by Gasteiger charge is -2.01. The van der Waals surface area contributed by atoms with Crippen LogP contribution in [0.25, 0.3) is 45.0 Å². The van der Waals surface area contributed by atoms with Gasteiger partial charge >= 0.3 is 0 Å². The maximum atomic E-state index is 4.65. The number of benzene rings is 3. The van der Waals surface area contributed by atoms with Crippen molar-refractivity contribution in [2.45, 2.75) is 0 Å². The van der Waals surface area contributed by atoms with E-state index in [1.54, 1.807) is 0 Å². The van der Waals surface area contributed by atoms with Gasteiger partial charge in [0.2, 0.25) is 0 Å². The van der Waals surface area contributed by atoms with Crippen molar-refractivity contribution in [3.05, 3.63) is 131 Å². The fraction of sp³-hybridized carbons (Fsp3) is 0. The Morgan fingerprint density at radius 2 is 1.33 bits per heavy atom. The molecule has 6 aromatic rings. The first-order valence-electron chi connectivity index (χ1n) is 11.0. The standard InChI is InChI=1S/C30H21N3/c1-2-11-24-22(9-1)15-17-32-28(24)20-30-26-13-4-3-12-25(26)29(33-30)19-21-8-7-10-23(18-21)27-14-5-6-16-31-27/h1-20,33H. The summed E-state index contributed by atoms with van der Waals surface area (Å²) in [5.41, 5.74) is 4.16. The minimum absolute atomic E-state index is 0.962. The molecular formula is C30H21N3. The predicted molar refractivity (Wildman–Crippen MR) is 136 cm³/mol. The summed E-state index contributed by atoms with van der Waals surface area (Å²) in [4.78, 5) is 12.8. The van der Waals surface area contributed by atoms with Gasteiger partial charge in [0.25, 0.3) is 0 Å². The quantitative estimate of drug-likeness (QED) is 0.412. The van der Waals surface area contributed by atoms with E-state index in [0.29, 0.717) is 0 Å². The number of hydrogen-bond donors (Lipinski definition) is 1. The Hall–Kier alpha value is -4.50. The first kappa shape index (κ1) is 19.2. The molecule has 3 heterocycles. The second kappa shape index (κ2) is 8.21. The molecule has 0 radical (unpaired) electrons. The van der Waals surface area contributed by atoms with Crippen molar-refractivity contribution < 1.29 is 0 Å². The molecule has 0 aliphatic heterocycles. The molecule has 0 saturated heterocycles. The molecule has 0 aliphatic carbocycles. The Labute approximate surface area is 191 Å². The predicted octanol–water partition coefficient (Wildman–Crippen LogP) is 5.44. The topological polar surface area (TPSA) is 41.6 Å². The van der Waals surface area contributed by atoms with Gasteiger partial charge in [0.15, 0.2) is 0 Å². The number of rotatable bonds is 3. The first-order chi connectivity index (χ1) is 16.3. The van der Waals surface area contributed by atoms with Crippen molar-refractivity contribution in [1.29, 1.82) is 0 Å². The van der Waals surface area contributed by atoms with Crippen LogP contribution in [0, 0.1) is 0 Å². The number of nitrogens with zero attached hydrogens (tertiary/aromatic N) is 2. The highest BCUT2D eigenvalue weighted by Crippen LogP contribution is 2.19. The largest absolute Gasteiger partial charge is 0.354 e. The summed E-state index contributed by atoms with van der Waals surface area (Å²) in [5, 5.41) is 6.84. The normalized spacial score (nSPS) is 12.6. The van der Waals surface area contributed by atoms with Crippen molar-refractivity contribution in [3.8, 4) is 11.3 Å². The molecule has 3 heteroatoms. The molecule has 3 nitrogen and oxygen atoms in total. The Bertz CT molecular complexity index is 1710. The molecule has 0 saturated carbocycles.